The highest BCUT2D eigenvalue weighted by Gasteiger charge is 2.18. The van der Waals surface area contributed by atoms with Crippen molar-refractivity contribution in [3.63, 3.8) is 0 Å². The van der Waals surface area contributed by atoms with Crippen LogP contribution in [-0.2, 0) is 6.54 Å². The van der Waals surface area contributed by atoms with Gasteiger partial charge in [0.1, 0.15) is 0 Å². The van der Waals surface area contributed by atoms with Crippen molar-refractivity contribution in [1.29, 1.82) is 0 Å². The maximum absolute atomic E-state index is 9.77. The van der Waals surface area contributed by atoms with Crippen molar-refractivity contribution in [3.8, 4) is 0 Å². The first-order chi connectivity index (χ1) is 9.22. The molecule has 100 valence electrons. The molecule has 0 amide bonds. The third-order valence-electron chi connectivity index (χ3n) is 3.80. The number of hydrogen-bond donors (Lipinski definition) is 1. The predicted molar refractivity (Wildman–Crippen MR) is 77.0 cm³/mol. The summed E-state index contributed by atoms with van der Waals surface area (Å²) >= 11 is 0. The number of aliphatic hydroxyl groups is 1. The van der Waals surface area contributed by atoms with Crippen LogP contribution in [0.25, 0.3) is 10.9 Å². The average Bonchev–Trinajstić information content (AvgIpc) is 2.38. The molecular weight excluding hydrogens is 236 g/mol. The Hall–Kier alpha value is -1.45. The summed E-state index contributed by atoms with van der Waals surface area (Å²) in [6.45, 7) is 4.81. The highest BCUT2D eigenvalue weighted by Crippen LogP contribution is 2.21. The van der Waals surface area contributed by atoms with Gasteiger partial charge in [-0.25, -0.2) is 0 Å². The number of aromatic nitrogens is 1. The number of benzene rings is 1. The van der Waals surface area contributed by atoms with Crippen LogP contribution in [0.5, 0.6) is 0 Å². The van der Waals surface area contributed by atoms with Crippen LogP contribution in [0, 0.1) is 6.92 Å². The molecule has 0 unspecified atom stereocenters. The lowest BCUT2D eigenvalue weighted by atomic mass is 10.0. The Labute approximate surface area is 113 Å². The monoisotopic (exact) mass is 256 g/mol. The van der Waals surface area contributed by atoms with Crippen molar-refractivity contribution in [3.05, 3.63) is 41.6 Å². The Morgan fingerprint density at radius 2 is 2.21 bits per heavy atom. The van der Waals surface area contributed by atoms with Crippen molar-refractivity contribution in [2.24, 2.45) is 0 Å². The molecule has 3 heteroatoms. The molecule has 1 saturated heterocycles. The third-order valence-corrected chi connectivity index (χ3v) is 3.80. The SMILES string of the molecule is Cc1cc(CN2CCC[C@H](O)C2)c2ccccc2n1. The van der Waals surface area contributed by atoms with Gasteiger partial charge in [-0.1, -0.05) is 18.2 Å². The highest BCUT2D eigenvalue weighted by atomic mass is 16.3. The second-order valence-electron chi connectivity index (χ2n) is 5.47. The molecule has 2 aromatic rings. The van der Waals surface area contributed by atoms with Crippen molar-refractivity contribution < 1.29 is 5.11 Å². The van der Waals surface area contributed by atoms with Gasteiger partial charge < -0.3 is 5.11 Å². The van der Waals surface area contributed by atoms with Gasteiger partial charge in [0.15, 0.2) is 0 Å². The third kappa shape index (κ3) is 2.77. The van der Waals surface area contributed by atoms with E-state index in [0.717, 1.165) is 43.7 Å². The standard InChI is InChI=1S/C16H20N2O/c1-12-9-13(10-18-8-4-5-14(19)11-18)15-6-2-3-7-16(15)17-12/h2-3,6-7,9,14,19H,4-5,8,10-11H2,1H3/t14-/m0/s1. The molecule has 1 aliphatic rings. The number of β-amino-alcohol motifs (C(OH)–C–C–N with tert-alkyl or cyclic N) is 1. The lowest BCUT2D eigenvalue weighted by molar-refractivity contribution is 0.0670. The summed E-state index contributed by atoms with van der Waals surface area (Å²) in [7, 11) is 0. The van der Waals surface area contributed by atoms with Crippen molar-refractivity contribution >= 4 is 10.9 Å². The molecule has 0 spiro atoms. The van der Waals surface area contributed by atoms with E-state index in [-0.39, 0.29) is 6.10 Å². The Kier molecular flexibility index (Phi) is 3.49. The number of hydrogen-bond acceptors (Lipinski definition) is 3. The Bertz CT molecular complexity index is 582. The van der Waals surface area contributed by atoms with Crippen LogP contribution >= 0.6 is 0 Å². The van der Waals surface area contributed by atoms with Crippen molar-refractivity contribution in [1.82, 2.24) is 9.88 Å². The zero-order valence-electron chi connectivity index (χ0n) is 11.3. The largest absolute Gasteiger partial charge is 0.392 e. The van der Waals surface area contributed by atoms with Gasteiger partial charge in [-0.05, 0) is 44.0 Å². The summed E-state index contributed by atoms with van der Waals surface area (Å²) in [6.07, 6.45) is 1.86. The summed E-state index contributed by atoms with van der Waals surface area (Å²) in [5.74, 6) is 0. The summed E-state index contributed by atoms with van der Waals surface area (Å²) in [5.41, 5.74) is 3.44. The molecule has 1 atom stereocenters. The lowest BCUT2D eigenvalue weighted by Crippen LogP contribution is -2.37. The number of aryl methyl sites for hydroxylation is 1. The zero-order valence-corrected chi connectivity index (χ0v) is 11.3. The number of rotatable bonds is 2. The van der Waals surface area contributed by atoms with Gasteiger partial charge in [-0.3, -0.25) is 9.88 Å². The van der Waals surface area contributed by atoms with E-state index in [1.54, 1.807) is 0 Å². The topological polar surface area (TPSA) is 36.4 Å². The van der Waals surface area contributed by atoms with Gasteiger partial charge in [-0.15, -0.1) is 0 Å². The van der Waals surface area contributed by atoms with E-state index in [1.807, 2.05) is 13.0 Å². The highest BCUT2D eigenvalue weighted by molar-refractivity contribution is 5.82. The van der Waals surface area contributed by atoms with E-state index in [1.165, 1.54) is 10.9 Å². The predicted octanol–water partition coefficient (Wildman–Crippen LogP) is 2.50. The number of para-hydroxylation sites is 1. The molecule has 1 N–H and O–H groups in total. The minimum absolute atomic E-state index is 0.164. The fraction of sp³-hybridized carbons (Fsp3) is 0.438. The molecule has 1 aromatic carbocycles. The molecular formula is C16H20N2O. The molecule has 0 saturated carbocycles. The van der Waals surface area contributed by atoms with Gasteiger partial charge in [0.05, 0.1) is 11.6 Å². The van der Waals surface area contributed by atoms with Crippen LogP contribution in [0.2, 0.25) is 0 Å². The molecule has 0 aliphatic carbocycles. The van der Waals surface area contributed by atoms with Gasteiger partial charge in [0.25, 0.3) is 0 Å². The number of pyridine rings is 1. The number of piperidine rings is 1. The average molecular weight is 256 g/mol. The zero-order chi connectivity index (χ0) is 13.2. The molecule has 2 heterocycles. The summed E-state index contributed by atoms with van der Waals surface area (Å²) in [4.78, 5) is 6.92. The normalized spacial score (nSPS) is 20.8. The number of fused-ring (bicyclic) bond motifs is 1. The van der Waals surface area contributed by atoms with Crippen molar-refractivity contribution in [2.75, 3.05) is 13.1 Å². The van der Waals surface area contributed by atoms with Crippen LogP contribution < -0.4 is 0 Å². The molecule has 1 aromatic heterocycles. The van der Waals surface area contributed by atoms with Crippen LogP contribution in [0.1, 0.15) is 24.1 Å². The van der Waals surface area contributed by atoms with E-state index in [0.29, 0.717) is 0 Å². The van der Waals surface area contributed by atoms with Gasteiger partial charge in [-0.2, -0.15) is 0 Å². The smallest absolute Gasteiger partial charge is 0.0708 e. The first-order valence-electron chi connectivity index (χ1n) is 6.98. The Balaban J connectivity index is 1.91. The summed E-state index contributed by atoms with van der Waals surface area (Å²) < 4.78 is 0. The quantitative estimate of drug-likeness (QED) is 0.897. The van der Waals surface area contributed by atoms with E-state index in [9.17, 15) is 5.11 Å². The lowest BCUT2D eigenvalue weighted by Gasteiger charge is -2.30. The molecule has 0 bridgehead atoms. The molecule has 0 radical (unpaired) electrons. The molecule has 19 heavy (non-hydrogen) atoms. The van der Waals surface area contributed by atoms with Gasteiger partial charge in [0, 0.05) is 24.2 Å². The molecule has 3 rings (SSSR count). The first-order valence-corrected chi connectivity index (χ1v) is 6.98. The number of nitrogens with zero attached hydrogens (tertiary/aromatic N) is 2. The number of likely N-dealkylation sites (tertiary alicyclic amines) is 1. The van der Waals surface area contributed by atoms with E-state index >= 15 is 0 Å². The Morgan fingerprint density at radius 1 is 1.37 bits per heavy atom. The molecule has 1 aliphatic heterocycles. The second kappa shape index (κ2) is 5.27. The fourth-order valence-corrected chi connectivity index (χ4v) is 2.94. The van der Waals surface area contributed by atoms with Crippen molar-refractivity contribution in [2.45, 2.75) is 32.4 Å². The maximum Gasteiger partial charge on any atom is 0.0708 e. The van der Waals surface area contributed by atoms with Gasteiger partial charge in [0.2, 0.25) is 0 Å². The van der Waals surface area contributed by atoms with Crippen LogP contribution in [0.3, 0.4) is 0 Å². The van der Waals surface area contributed by atoms with Crippen LogP contribution in [0.15, 0.2) is 30.3 Å². The van der Waals surface area contributed by atoms with E-state index in [2.05, 4.69) is 34.1 Å². The second-order valence-corrected chi connectivity index (χ2v) is 5.47. The molecule has 1 fully saturated rings. The van der Waals surface area contributed by atoms with Gasteiger partial charge >= 0.3 is 0 Å². The maximum atomic E-state index is 9.77. The Morgan fingerprint density at radius 3 is 3.05 bits per heavy atom. The summed E-state index contributed by atoms with van der Waals surface area (Å²) in [6, 6.07) is 10.5. The minimum atomic E-state index is -0.164. The van der Waals surface area contributed by atoms with E-state index in [4.69, 9.17) is 0 Å². The van der Waals surface area contributed by atoms with Crippen LogP contribution in [0.4, 0.5) is 0 Å². The summed E-state index contributed by atoms with van der Waals surface area (Å²) in [5, 5.41) is 11.0. The van der Waals surface area contributed by atoms with E-state index < -0.39 is 0 Å². The minimum Gasteiger partial charge on any atom is -0.392 e. The first kappa shape index (κ1) is 12.6. The number of aliphatic hydroxyl groups excluding tert-OH is 1. The van der Waals surface area contributed by atoms with Crippen LogP contribution in [-0.4, -0.2) is 34.2 Å². The molecule has 3 nitrogen and oxygen atoms in total. The fourth-order valence-electron chi connectivity index (χ4n) is 2.94.